The quantitative estimate of drug-likeness (QED) is 0.604. The van der Waals surface area contributed by atoms with Crippen molar-refractivity contribution in [2.24, 2.45) is 10.4 Å². The van der Waals surface area contributed by atoms with Gasteiger partial charge in [0.05, 0.1) is 5.41 Å². The van der Waals surface area contributed by atoms with Gasteiger partial charge in [0.25, 0.3) is 0 Å². The summed E-state index contributed by atoms with van der Waals surface area (Å²) in [4.78, 5) is 21.4. The van der Waals surface area contributed by atoms with E-state index in [9.17, 15) is 4.79 Å². The molecule has 1 aliphatic carbocycles. The fourth-order valence-electron chi connectivity index (χ4n) is 4.60. The molecule has 0 aromatic heterocycles. The summed E-state index contributed by atoms with van der Waals surface area (Å²) in [5.41, 5.74) is 0.988. The molecule has 0 bridgehead atoms. The van der Waals surface area contributed by atoms with Gasteiger partial charge in [-0.1, -0.05) is 31.0 Å². The van der Waals surface area contributed by atoms with Gasteiger partial charge in [0.1, 0.15) is 0 Å². The van der Waals surface area contributed by atoms with Crippen molar-refractivity contribution in [2.75, 3.05) is 45.7 Å². The largest absolute Gasteiger partial charge is 0.369 e. The zero-order valence-electron chi connectivity index (χ0n) is 17.6. The number of nitrogens with zero attached hydrogens (tertiary/aromatic N) is 3. The first-order valence-corrected chi connectivity index (χ1v) is 10.5. The molecule has 6 nitrogen and oxygen atoms in total. The number of hydrogen-bond acceptors (Lipinski definition) is 3. The standard InChI is InChI=1S/C22H35N5O/c1-23-21(24-17-22(13-7-8-14-22)20(28)26(2)3)25-18-10-9-15-27(16-18)19-11-5-4-6-12-19/h4-6,11-12,18H,7-10,13-17H2,1-3H3,(H2,23,24,25). The van der Waals surface area contributed by atoms with Gasteiger partial charge in [-0.05, 0) is 37.8 Å². The minimum atomic E-state index is -0.288. The second-order valence-electron chi connectivity index (χ2n) is 8.38. The van der Waals surface area contributed by atoms with Crippen molar-refractivity contribution >= 4 is 17.6 Å². The second kappa shape index (κ2) is 9.30. The highest BCUT2D eigenvalue weighted by atomic mass is 16.2. The number of aliphatic imine (C=N–C) groups is 1. The van der Waals surface area contributed by atoms with E-state index < -0.39 is 0 Å². The van der Waals surface area contributed by atoms with Crippen LogP contribution >= 0.6 is 0 Å². The molecule has 1 aromatic rings. The van der Waals surface area contributed by atoms with Crippen LogP contribution in [0.25, 0.3) is 0 Å². The SMILES string of the molecule is CN=C(NCC1(C(=O)N(C)C)CCCC1)NC1CCCN(c2ccccc2)C1. The number of carbonyl (C=O) groups is 1. The normalized spacial score (nSPS) is 22.0. The molecule has 0 spiro atoms. The smallest absolute Gasteiger partial charge is 0.230 e. The fraction of sp³-hybridized carbons (Fsp3) is 0.636. The van der Waals surface area contributed by atoms with Gasteiger partial charge in [0, 0.05) is 52.5 Å². The maximum Gasteiger partial charge on any atom is 0.230 e. The summed E-state index contributed by atoms with van der Waals surface area (Å²) in [7, 11) is 5.52. The van der Waals surface area contributed by atoms with Crippen LogP contribution in [0.4, 0.5) is 5.69 Å². The molecule has 6 heteroatoms. The van der Waals surface area contributed by atoms with Gasteiger partial charge < -0.3 is 20.4 Å². The van der Waals surface area contributed by atoms with Crippen LogP contribution in [-0.4, -0.2) is 63.6 Å². The van der Waals surface area contributed by atoms with Crippen LogP contribution in [0.1, 0.15) is 38.5 Å². The van der Waals surface area contributed by atoms with E-state index in [0.29, 0.717) is 12.6 Å². The third kappa shape index (κ3) is 4.78. The van der Waals surface area contributed by atoms with Crippen molar-refractivity contribution in [2.45, 2.75) is 44.6 Å². The molecule has 1 saturated carbocycles. The zero-order chi connectivity index (χ0) is 20.0. The minimum absolute atomic E-state index is 0.237. The van der Waals surface area contributed by atoms with Crippen molar-refractivity contribution < 1.29 is 4.79 Å². The highest BCUT2D eigenvalue weighted by molar-refractivity contribution is 5.85. The van der Waals surface area contributed by atoms with E-state index in [1.54, 1.807) is 4.90 Å². The summed E-state index contributed by atoms with van der Waals surface area (Å²) in [6.07, 6.45) is 6.46. The highest BCUT2D eigenvalue weighted by Crippen LogP contribution is 2.38. The number of rotatable bonds is 5. The van der Waals surface area contributed by atoms with Gasteiger partial charge in [-0.3, -0.25) is 9.79 Å². The summed E-state index contributed by atoms with van der Waals surface area (Å²) in [6, 6.07) is 10.9. The molecule has 1 unspecified atom stereocenters. The number of amides is 1. The first kappa shape index (κ1) is 20.5. The predicted molar refractivity (Wildman–Crippen MR) is 116 cm³/mol. The monoisotopic (exact) mass is 385 g/mol. The molecule has 2 fully saturated rings. The summed E-state index contributed by atoms with van der Waals surface area (Å²) >= 11 is 0. The molecule has 1 heterocycles. The summed E-state index contributed by atoms with van der Waals surface area (Å²) in [5.74, 6) is 1.04. The number of para-hydroxylation sites is 1. The lowest BCUT2D eigenvalue weighted by atomic mass is 9.84. The van der Waals surface area contributed by atoms with E-state index in [0.717, 1.165) is 57.6 Å². The first-order chi connectivity index (χ1) is 13.5. The number of anilines is 1. The molecule has 154 valence electrons. The summed E-state index contributed by atoms with van der Waals surface area (Å²) in [5, 5.41) is 7.05. The van der Waals surface area contributed by atoms with Crippen molar-refractivity contribution in [3.8, 4) is 0 Å². The van der Waals surface area contributed by atoms with Crippen LogP contribution < -0.4 is 15.5 Å². The zero-order valence-corrected chi connectivity index (χ0v) is 17.6. The number of hydrogen-bond donors (Lipinski definition) is 2. The minimum Gasteiger partial charge on any atom is -0.369 e. The fourth-order valence-corrected chi connectivity index (χ4v) is 4.60. The molecule has 2 N–H and O–H groups in total. The Morgan fingerprint density at radius 3 is 2.57 bits per heavy atom. The Hall–Kier alpha value is -2.24. The van der Waals surface area contributed by atoms with E-state index in [4.69, 9.17) is 0 Å². The molecular weight excluding hydrogens is 350 g/mol. The first-order valence-electron chi connectivity index (χ1n) is 10.5. The van der Waals surface area contributed by atoms with Crippen LogP contribution in [0.2, 0.25) is 0 Å². The highest BCUT2D eigenvalue weighted by Gasteiger charge is 2.42. The van der Waals surface area contributed by atoms with Gasteiger partial charge in [0.2, 0.25) is 5.91 Å². The lowest BCUT2D eigenvalue weighted by Crippen LogP contribution is -2.54. The maximum atomic E-state index is 12.8. The molecule has 1 atom stereocenters. The Balaban J connectivity index is 1.57. The molecule has 1 saturated heterocycles. The Kier molecular flexibility index (Phi) is 6.81. The molecule has 1 amide bonds. The van der Waals surface area contributed by atoms with E-state index in [1.165, 1.54) is 5.69 Å². The number of guanidine groups is 1. The van der Waals surface area contributed by atoms with E-state index in [1.807, 2.05) is 21.1 Å². The lowest BCUT2D eigenvalue weighted by Gasteiger charge is -2.36. The Bertz CT molecular complexity index is 667. The van der Waals surface area contributed by atoms with Crippen molar-refractivity contribution in [1.29, 1.82) is 0 Å². The molecule has 2 aliphatic rings. The van der Waals surface area contributed by atoms with Crippen molar-refractivity contribution in [3.63, 3.8) is 0 Å². The predicted octanol–water partition coefficient (Wildman–Crippen LogP) is 2.47. The molecule has 1 aliphatic heterocycles. The summed E-state index contributed by atoms with van der Waals surface area (Å²) < 4.78 is 0. The molecule has 1 aromatic carbocycles. The molecule has 0 radical (unpaired) electrons. The number of nitrogens with one attached hydrogen (secondary N) is 2. The Labute approximate surface area is 169 Å². The van der Waals surface area contributed by atoms with Crippen LogP contribution in [0.5, 0.6) is 0 Å². The third-order valence-electron chi connectivity index (χ3n) is 6.12. The number of benzene rings is 1. The topological polar surface area (TPSA) is 60.0 Å². The van der Waals surface area contributed by atoms with Crippen LogP contribution in [-0.2, 0) is 4.79 Å². The lowest BCUT2D eigenvalue weighted by molar-refractivity contribution is -0.138. The summed E-state index contributed by atoms with van der Waals surface area (Å²) in [6.45, 7) is 2.71. The van der Waals surface area contributed by atoms with Crippen LogP contribution in [0.15, 0.2) is 35.3 Å². The average molecular weight is 386 g/mol. The van der Waals surface area contributed by atoms with Crippen molar-refractivity contribution in [3.05, 3.63) is 30.3 Å². The number of piperidine rings is 1. The molecule has 3 rings (SSSR count). The van der Waals surface area contributed by atoms with E-state index >= 15 is 0 Å². The average Bonchev–Trinajstić information content (AvgIpc) is 3.21. The van der Waals surface area contributed by atoms with Crippen molar-refractivity contribution in [1.82, 2.24) is 15.5 Å². The van der Waals surface area contributed by atoms with E-state index in [-0.39, 0.29) is 11.3 Å². The Morgan fingerprint density at radius 1 is 1.21 bits per heavy atom. The third-order valence-corrected chi connectivity index (χ3v) is 6.12. The van der Waals surface area contributed by atoms with Gasteiger partial charge in [-0.25, -0.2) is 0 Å². The molecule has 28 heavy (non-hydrogen) atoms. The van der Waals surface area contributed by atoms with Crippen LogP contribution in [0.3, 0.4) is 0 Å². The van der Waals surface area contributed by atoms with Gasteiger partial charge in [0.15, 0.2) is 5.96 Å². The van der Waals surface area contributed by atoms with Gasteiger partial charge >= 0.3 is 0 Å². The maximum absolute atomic E-state index is 12.8. The molecular formula is C22H35N5O. The van der Waals surface area contributed by atoms with Gasteiger partial charge in [-0.15, -0.1) is 0 Å². The van der Waals surface area contributed by atoms with Gasteiger partial charge in [-0.2, -0.15) is 0 Å². The second-order valence-corrected chi connectivity index (χ2v) is 8.38. The van der Waals surface area contributed by atoms with E-state index in [2.05, 4.69) is 50.9 Å². The van der Waals surface area contributed by atoms with Crippen LogP contribution in [0, 0.1) is 5.41 Å². The number of carbonyl (C=O) groups excluding carboxylic acids is 1. The Morgan fingerprint density at radius 2 is 1.93 bits per heavy atom.